The van der Waals surface area contributed by atoms with Crippen molar-refractivity contribution < 1.29 is 8.42 Å². The molecule has 0 radical (unpaired) electrons. The van der Waals surface area contributed by atoms with Crippen molar-refractivity contribution in [3.05, 3.63) is 23.8 Å². The molecule has 1 aliphatic heterocycles. The van der Waals surface area contributed by atoms with Gasteiger partial charge in [0.25, 0.3) is 0 Å². The first-order chi connectivity index (χ1) is 9.93. The highest BCUT2D eigenvalue weighted by Crippen LogP contribution is 2.30. The summed E-state index contributed by atoms with van der Waals surface area (Å²) in [6.07, 6.45) is 1.26. The molecule has 116 valence electrons. The van der Waals surface area contributed by atoms with Crippen molar-refractivity contribution >= 4 is 44.5 Å². The van der Waals surface area contributed by atoms with Gasteiger partial charge in [-0.2, -0.15) is 0 Å². The van der Waals surface area contributed by atoms with Crippen LogP contribution >= 0.6 is 24.0 Å². The number of thiocarbonyl (C=S) groups is 1. The van der Waals surface area contributed by atoms with E-state index in [0.29, 0.717) is 17.8 Å². The van der Waals surface area contributed by atoms with E-state index in [1.165, 1.54) is 0 Å². The van der Waals surface area contributed by atoms with E-state index < -0.39 is 9.84 Å². The van der Waals surface area contributed by atoms with Crippen molar-refractivity contribution in [3.63, 3.8) is 0 Å². The average Bonchev–Trinajstić information content (AvgIpc) is 2.41. The predicted octanol–water partition coefficient (Wildman–Crippen LogP) is 2.42. The van der Waals surface area contributed by atoms with Gasteiger partial charge in [-0.05, 0) is 30.7 Å². The Morgan fingerprint density at radius 2 is 2.10 bits per heavy atom. The highest BCUT2D eigenvalue weighted by Gasteiger charge is 2.24. The molecular weight excluding hydrogens is 324 g/mol. The quantitative estimate of drug-likeness (QED) is 0.631. The summed E-state index contributed by atoms with van der Waals surface area (Å²) in [5.41, 5.74) is 7.65. The first-order valence-corrected chi connectivity index (χ1v) is 10.2. The second kappa shape index (κ2) is 6.98. The minimum Gasteiger partial charge on any atom is -0.389 e. The van der Waals surface area contributed by atoms with Gasteiger partial charge in [-0.25, -0.2) is 8.42 Å². The molecule has 0 bridgehead atoms. The number of nitrogens with one attached hydrogen (secondary N) is 1. The normalized spacial score (nSPS) is 18.3. The van der Waals surface area contributed by atoms with Crippen molar-refractivity contribution in [1.82, 2.24) is 0 Å². The van der Waals surface area contributed by atoms with Gasteiger partial charge in [0.15, 0.2) is 0 Å². The lowest BCUT2D eigenvalue weighted by atomic mass is 10.1. The summed E-state index contributed by atoms with van der Waals surface area (Å²) in [4.78, 5) is 1.44. The first kappa shape index (κ1) is 16.6. The fraction of sp³-hybridized carbons (Fsp3) is 0.500. The van der Waals surface area contributed by atoms with Crippen molar-refractivity contribution in [1.29, 1.82) is 0 Å². The zero-order chi connectivity index (χ0) is 15.5. The van der Waals surface area contributed by atoms with Gasteiger partial charge in [-0.1, -0.05) is 25.2 Å². The smallest absolute Gasteiger partial charge is 0.150 e. The summed E-state index contributed by atoms with van der Waals surface area (Å²) in [6, 6.07) is 6.10. The Kier molecular flexibility index (Phi) is 5.51. The fourth-order valence-electron chi connectivity index (χ4n) is 2.44. The minimum atomic E-state index is -2.85. The number of benzene rings is 1. The van der Waals surface area contributed by atoms with E-state index >= 15 is 0 Å². The van der Waals surface area contributed by atoms with Crippen LogP contribution in [0.15, 0.2) is 23.1 Å². The third-order valence-electron chi connectivity index (χ3n) is 3.49. The molecule has 2 rings (SSSR count). The Hall–Kier alpha value is -0.790. The van der Waals surface area contributed by atoms with Gasteiger partial charge in [0.05, 0.1) is 11.5 Å². The van der Waals surface area contributed by atoms with Crippen molar-refractivity contribution in [3.8, 4) is 0 Å². The summed E-state index contributed by atoms with van der Waals surface area (Å²) >= 11 is 6.89. The van der Waals surface area contributed by atoms with E-state index in [4.69, 9.17) is 18.0 Å². The molecule has 7 heteroatoms. The number of hydrogen-bond acceptors (Lipinski definition) is 5. The van der Waals surface area contributed by atoms with E-state index in [1.54, 1.807) is 11.8 Å². The molecule has 0 spiro atoms. The molecule has 0 aromatic heterocycles. The summed E-state index contributed by atoms with van der Waals surface area (Å²) in [5.74, 6) is 1.44. The van der Waals surface area contributed by atoms with Crippen LogP contribution in [0.4, 0.5) is 5.69 Å². The Morgan fingerprint density at radius 3 is 2.67 bits per heavy atom. The fourth-order valence-corrected chi connectivity index (χ4v) is 5.06. The Balaban J connectivity index is 2.20. The molecule has 0 unspecified atom stereocenters. The summed E-state index contributed by atoms with van der Waals surface area (Å²) in [7, 11) is -2.85. The number of sulfone groups is 1. The van der Waals surface area contributed by atoms with Gasteiger partial charge >= 0.3 is 0 Å². The molecule has 0 atom stereocenters. The van der Waals surface area contributed by atoms with Crippen LogP contribution < -0.4 is 11.1 Å². The Morgan fingerprint density at radius 1 is 1.43 bits per heavy atom. The summed E-state index contributed by atoms with van der Waals surface area (Å²) in [5, 5.41) is 3.42. The summed E-state index contributed by atoms with van der Waals surface area (Å²) < 4.78 is 23.0. The number of rotatable bonds is 5. The second-order valence-electron chi connectivity index (χ2n) is 5.05. The van der Waals surface area contributed by atoms with Gasteiger partial charge in [-0.3, -0.25) is 0 Å². The van der Waals surface area contributed by atoms with E-state index in [0.717, 1.165) is 21.9 Å². The molecule has 1 heterocycles. The first-order valence-electron chi connectivity index (χ1n) is 6.95. The van der Waals surface area contributed by atoms with E-state index in [-0.39, 0.29) is 17.5 Å². The highest BCUT2D eigenvalue weighted by molar-refractivity contribution is 7.99. The van der Waals surface area contributed by atoms with Crippen LogP contribution in [0.1, 0.15) is 25.3 Å². The standard InChI is InChI=1S/C14H20N2O2S3/c1-2-20-12-5-3-4-11(13(12)14(15)19)16-10-6-8-21(17,18)9-7-10/h3-5,10,16H,2,6-9H2,1H3,(H2,15,19). The zero-order valence-electron chi connectivity index (χ0n) is 12.0. The lowest BCUT2D eigenvalue weighted by molar-refractivity contribution is 0.559. The molecular formula is C14H20N2O2S3. The van der Waals surface area contributed by atoms with Gasteiger partial charge < -0.3 is 11.1 Å². The lowest BCUT2D eigenvalue weighted by Crippen LogP contribution is -2.32. The highest BCUT2D eigenvalue weighted by atomic mass is 32.2. The third-order valence-corrected chi connectivity index (χ3v) is 6.35. The molecule has 1 aliphatic rings. The van der Waals surface area contributed by atoms with Crippen LogP contribution in [0, 0.1) is 0 Å². The number of anilines is 1. The van der Waals surface area contributed by atoms with Gasteiger partial charge in [0.2, 0.25) is 0 Å². The van der Waals surface area contributed by atoms with E-state index in [1.807, 2.05) is 18.2 Å². The molecule has 1 fully saturated rings. The Bertz CT molecular complexity index is 615. The second-order valence-corrected chi connectivity index (χ2v) is 9.10. The maximum absolute atomic E-state index is 11.5. The molecule has 3 N–H and O–H groups in total. The molecule has 1 aromatic carbocycles. The molecule has 0 amide bonds. The average molecular weight is 345 g/mol. The van der Waals surface area contributed by atoms with Gasteiger partial charge in [0, 0.05) is 22.2 Å². The largest absolute Gasteiger partial charge is 0.389 e. The zero-order valence-corrected chi connectivity index (χ0v) is 14.4. The molecule has 0 saturated carbocycles. The van der Waals surface area contributed by atoms with Gasteiger partial charge in [-0.15, -0.1) is 11.8 Å². The predicted molar refractivity (Wildman–Crippen MR) is 94.0 cm³/mol. The van der Waals surface area contributed by atoms with Crippen LogP contribution in [-0.2, 0) is 9.84 Å². The van der Waals surface area contributed by atoms with Crippen molar-refractivity contribution in [2.75, 3.05) is 22.6 Å². The Labute approximate surface area is 135 Å². The number of hydrogen-bond donors (Lipinski definition) is 2. The van der Waals surface area contributed by atoms with E-state index in [9.17, 15) is 8.42 Å². The molecule has 4 nitrogen and oxygen atoms in total. The maximum Gasteiger partial charge on any atom is 0.150 e. The topological polar surface area (TPSA) is 72.2 Å². The maximum atomic E-state index is 11.5. The SMILES string of the molecule is CCSc1cccc(NC2CCS(=O)(=O)CC2)c1C(N)=S. The third kappa shape index (κ3) is 4.34. The molecule has 1 saturated heterocycles. The van der Waals surface area contributed by atoms with Crippen LogP contribution in [0.25, 0.3) is 0 Å². The molecule has 21 heavy (non-hydrogen) atoms. The van der Waals surface area contributed by atoms with Crippen LogP contribution in [0.3, 0.4) is 0 Å². The van der Waals surface area contributed by atoms with Crippen LogP contribution in [0.5, 0.6) is 0 Å². The lowest BCUT2D eigenvalue weighted by Gasteiger charge is -2.25. The van der Waals surface area contributed by atoms with Crippen LogP contribution in [-0.4, -0.2) is 36.7 Å². The number of thioether (sulfide) groups is 1. The monoisotopic (exact) mass is 344 g/mol. The van der Waals surface area contributed by atoms with Crippen molar-refractivity contribution in [2.24, 2.45) is 5.73 Å². The van der Waals surface area contributed by atoms with Gasteiger partial charge in [0.1, 0.15) is 14.8 Å². The van der Waals surface area contributed by atoms with Crippen LogP contribution in [0.2, 0.25) is 0 Å². The molecule has 0 aliphatic carbocycles. The van der Waals surface area contributed by atoms with Crippen molar-refractivity contribution in [2.45, 2.75) is 30.7 Å². The molecule has 1 aromatic rings. The summed E-state index contributed by atoms with van der Waals surface area (Å²) in [6.45, 7) is 2.08. The number of nitrogens with two attached hydrogens (primary N) is 1. The minimum absolute atomic E-state index is 0.156. The van der Waals surface area contributed by atoms with E-state index in [2.05, 4.69) is 12.2 Å².